The highest BCUT2D eigenvalue weighted by Gasteiger charge is 2.04. The molecule has 2 aromatic rings. The van der Waals surface area contributed by atoms with Crippen LogP contribution < -0.4 is 5.43 Å². The average molecular weight is 357 g/mol. The van der Waals surface area contributed by atoms with Gasteiger partial charge >= 0.3 is 0 Å². The topological polar surface area (TPSA) is 24.4 Å². The van der Waals surface area contributed by atoms with Gasteiger partial charge in [-0.1, -0.05) is 97.5 Å². The second-order valence-electron chi connectivity index (χ2n) is 5.71. The number of thiocarbonyl (C=S) groups is 1. The zero-order valence-corrected chi connectivity index (χ0v) is 15.9. The van der Waals surface area contributed by atoms with Gasteiger partial charge < -0.3 is 0 Å². The second kappa shape index (κ2) is 10.3. The lowest BCUT2D eigenvalue weighted by atomic mass is 10.1. The standard InChI is InChI=1S/C20H24N2S2/c1-3-4-13-19(18-11-6-5-7-12-18)21-22-20(23)24-15-17-10-8-9-16(2)14-17/h5-12,14H,3-4,13,15H2,1-2H3,(H,22,23)/b21-19+. The molecule has 2 nitrogen and oxygen atoms in total. The molecule has 2 rings (SSSR count). The van der Waals surface area contributed by atoms with Crippen molar-refractivity contribution in [3.63, 3.8) is 0 Å². The molecular formula is C20H24N2S2. The normalized spacial score (nSPS) is 11.3. The van der Waals surface area contributed by atoms with Crippen molar-refractivity contribution in [2.75, 3.05) is 0 Å². The smallest absolute Gasteiger partial charge is 0.154 e. The zero-order valence-electron chi connectivity index (χ0n) is 14.3. The van der Waals surface area contributed by atoms with Crippen LogP contribution in [0.2, 0.25) is 0 Å². The Bertz CT molecular complexity index is 681. The minimum atomic E-state index is 0.710. The Hall–Kier alpha value is -1.65. The maximum absolute atomic E-state index is 5.41. The molecule has 4 heteroatoms. The minimum absolute atomic E-state index is 0.710. The maximum Gasteiger partial charge on any atom is 0.154 e. The number of unbranched alkanes of at least 4 members (excludes halogenated alkanes) is 1. The maximum atomic E-state index is 5.41. The van der Waals surface area contributed by atoms with Crippen molar-refractivity contribution >= 4 is 34.0 Å². The van der Waals surface area contributed by atoms with E-state index in [4.69, 9.17) is 12.2 Å². The second-order valence-corrected chi connectivity index (χ2v) is 7.36. The van der Waals surface area contributed by atoms with Gasteiger partial charge in [0.05, 0.1) is 5.71 Å². The minimum Gasteiger partial charge on any atom is -0.262 e. The first kappa shape index (κ1) is 18.7. The number of hydrazone groups is 1. The molecule has 24 heavy (non-hydrogen) atoms. The van der Waals surface area contributed by atoms with E-state index in [2.05, 4.69) is 60.8 Å². The highest BCUT2D eigenvalue weighted by atomic mass is 32.2. The van der Waals surface area contributed by atoms with Gasteiger partial charge in [-0.15, -0.1) is 0 Å². The lowest BCUT2D eigenvalue weighted by Gasteiger charge is -2.08. The van der Waals surface area contributed by atoms with Gasteiger partial charge in [-0.3, -0.25) is 5.43 Å². The summed E-state index contributed by atoms with van der Waals surface area (Å²) in [6.07, 6.45) is 3.23. The monoisotopic (exact) mass is 356 g/mol. The third kappa shape index (κ3) is 6.46. The Morgan fingerprint density at radius 3 is 2.62 bits per heavy atom. The first-order valence-electron chi connectivity index (χ1n) is 8.29. The number of hydrogen-bond donors (Lipinski definition) is 1. The quantitative estimate of drug-likeness (QED) is 0.391. The van der Waals surface area contributed by atoms with Crippen LogP contribution >= 0.6 is 24.0 Å². The third-order valence-corrected chi connectivity index (χ3v) is 4.88. The van der Waals surface area contributed by atoms with Gasteiger partial charge in [-0.25, -0.2) is 0 Å². The number of aryl methyl sites for hydroxylation is 1. The van der Waals surface area contributed by atoms with Crippen molar-refractivity contribution < 1.29 is 0 Å². The summed E-state index contributed by atoms with van der Waals surface area (Å²) in [6.45, 7) is 4.30. The van der Waals surface area contributed by atoms with Gasteiger partial charge in [0.25, 0.3) is 0 Å². The van der Waals surface area contributed by atoms with E-state index in [9.17, 15) is 0 Å². The molecule has 2 aromatic carbocycles. The summed E-state index contributed by atoms with van der Waals surface area (Å²) in [6, 6.07) is 18.8. The molecule has 0 atom stereocenters. The van der Waals surface area contributed by atoms with Crippen molar-refractivity contribution in [2.24, 2.45) is 5.10 Å². The van der Waals surface area contributed by atoms with Crippen LogP contribution in [0.15, 0.2) is 59.7 Å². The number of benzene rings is 2. The van der Waals surface area contributed by atoms with Gasteiger partial charge in [0.15, 0.2) is 4.32 Å². The van der Waals surface area contributed by atoms with Crippen molar-refractivity contribution in [1.29, 1.82) is 0 Å². The molecular weight excluding hydrogens is 332 g/mol. The molecule has 0 spiro atoms. The van der Waals surface area contributed by atoms with E-state index in [1.165, 1.54) is 11.1 Å². The molecule has 0 aliphatic rings. The molecule has 0 aromatic heterocycles. The molecule has 0 aliphatic carbocycles. The Balaban J connectivity index is 1.93. The molecule has 0 bridgehead atoms. The number of hydrogen-bond acceptors (Lipinski definition) is 3. The van der Waals surface area contributed by atoms with Crippen LogP contribution in [-0.4, -0.2) is 10.0 Å². The number of nitrogens with one attached hydrogen (secondary N) is 1. The molecule has 1 N–H and O–H groups in total. The fourth-order valence-corrected chi connectivity index (χ4v) is 3.15. The Morgan fingerprint density at radius 1 is 1.12 bits per heavy atom. The Morgan fingerprint density at radius 2 is 1.92 bits per heavy atom. The van der Waals surface area contributed by atoms with E-state index in [-0.39, 0.29) is 0 Å². The van der Waals surface area contributed by atoms with Crippen LogP contribution in [0.25, 0.3) is 0 Å². The van der Waals surface area contributed by atoms with E-state index in [0.29, 0.717) is 4.32 Å². The molecule has 0 fully saturated rings. The lowest BCUT2D eigenvalue weighted by Crippen LogP contribution is -2.15. The Kier molecular flexibility index (Phi) is 7.99. The van der Waals surface area contributed by atoms with E-state index in [0.717, 1.165) is 36.3 Å². The first-order valence-corrected chi connectivity index (χ1v) is 9.68. The predicted molar refractivity (Wildman–Crippen MR) is 111 cm³/mol. The lowest BCUT2D eigenvalue weighted by molar-refractivity contribution is 0.829. The van der Waals surface area contributed by atoms with Crippen LogP contribution in [0, 0.1) is 6.92 Å². The molecule has 0 amide bonds. The fourth-order valence-electron chi connectivity index (χ4n) is 2.34. The predicted octanol–water partition coefficient (Wildman–Crippen LogP) is 5.70. The van der Waals surface area contributed by atoms with Crippen molar-refractivity contribution in [1.82, 2.24) is 5.43 Å². The number of thioether (sulfide) groups is 1. The van der Waals surface area contributed by atoms with Crippen LogP contribution in [0.3, 0.4) is 0 Å². The van der Waals surface area contributed by atoms with Crippen molar-refractivity contribution in [2.45, 2.75) is 38.9 Å². The highest BCUT2D eigenvalue weighted by Crippen LogP contribution is 2.15. The van der Waals surface area contributed by atoms with Crippen LogP contribution in [-0.2, 0) is 5.75 Å². The molecule has 0 heterocycles. The van der Waals surface area contributed by atoms with Gasteiger partial charge in [-0.05, 0) is 30.9 Å². The fraction of sp³-hybridized carbons (Fsp3) is 0.300. The molecule has 0 saturated carbocycles. The molecule has 126 valence electrons. The van der Waals surface area contributed by atoms with Crippen molar-refractivity contribution in [3.05, 3.63) is 71.3 Å². The van der Waals surface area contributed by atoms with Gasteiger partial charge in [0.2, 0.25) is 0 Å². The summed E-state index contributed by atoms with van der Waals surface area (Å²) >= 11 is 7.02. The molecule has 0 aliphatic heterocycles. The summed E-state index contributed by atoms with van der Waals surface area (Å²) in [5, 5.41) is 4.57. The first-order chi connectivity index (χ1) is 11.7. The van der Waals surface area contributed by atoms with Crippen LogP contribution in [0.5, 0.6) is 0 Å². The molecule has 0 unspecified atom stereocenters. The zero-order chi connectivity index (χ0) is 17.2. The summed E-state index contributed by atoms with van der Waals surface area (Å²) in [4.78, 5) is 0. The van der Waals surface area contributed by atoms with Crippen LogP contribution in [0.4, 0.5) is 0 Å². The molecule has 0 radical (unpaired) electrons. The summed E-state index contributed by atoms with van der Waals surface area (Å²) in [5.41, 5.74) is 7.83. The van der Waals surface area contributed by atoms with E-state index in [1.54, 1.807) is 11.8 Å². The summed E-state index contributed by atoms with van der Waals surface area (Å²) < 4.78 is 0.710. The van der Waals surface area contributed by atoms with Crippen molar-refractivity contribution in [3.8, 4) is 0 Å². The van der Waals surface area contributed by atoms with Gasteiger partial charge in [-0.2, -0.15) is 5.10 Å². The summed E-state index contributed by atoms with van der Waals surface area (Å²) in [7, 11) is 0. The van der Waals surface area contributed by atoms with E-state index in [1.807, 2.05) is 18.2 Å². The highest BCUT2D eigenvalue weighted by molar-refractivity contribution is 8.22. The van der Waals surface area contributed by atoms with Gasteiger partial charge in [0, 0.05) is 5.75 Å². The average Bonchev–Trinajstić information content (AvgIpc) is 2.61. The SMILES string of the molecule is CCCC/C(=N\NC(=S)SCc1cccc(C)c1)c1ccccc1. The third-order valence-electron chi connectivity index (χ3n) is 3.61. The number of nitrogens with zero attached hydrogens (tertiary/aromatic N) is 1. The van der Waals surface area contributed by atoms with E-state index < -0.39 is 0 Å². The van der Waals surface area contributed by atoms with Crippen LogP contribution in [0.1, 0.15) is 42.9 Å². The number of rotatable bonds is 7. The molecule has 0 saturated heterocycles. The summed E-state index contributed by atoms with van der Waals surface area (Å²) in [5.74, 6) is 0.860. The van der Waals surface area contributed by atoms with E-state index >= 15 is 0 Å². The largest absolute Gasteiger partial charge is 0.262 e. The van der Waals surface area contributed by atoms with Gasteiger partial charge in [0.1, 0.15) is 0 Å². The Labute approximate surface area is 154 Å².